The normalized spacial score (nSPS) is 27.7. The molecule has 1 amide bonds. The summed E-state index contributed by atoms with van der Waals surface area (Å²) >= 11 is 0. The van der Waals surface area contributed by atoms with Crippen LogP contribution in [0.3, 0.4) is 0 Å². The fourth-order valence-electron chi connectivity index (χ4n) is 4.25. The maximum atomic E-state index is 12.4. The van der Waals surface area contributed by atoms with Crippen LogP contribution < -0.4 is 5.32 Å². The van der Waals surface area contributed by atoms with E-state index in [9.17, 15) is 4.79 Å². The molecule has 0 saturated heterocycles. The zero-order chi connectivity index (χ0) is 16.4. The zero-order valence-corrected chi connectivity index (χ0v) is 14.5. The molecule has 3 heteroatoms. The Labute approximate surface area is 139 Å². The molecular formula is C20H29NO2. The molecule has 0 spiro atoms. The van der Waals surface area contributed by atoms with Crippen LogP contribution in [0, 0.1) is 17.8 Å². The molecule has 23 heavy (non-hydrogen) atoms. The van der Waals surface area contributed by atoms with E-state index in [1.54, 1.807) is 0 Å². The van der Waals surface area contributed by atoms with Gasteiger partial charge in [0.1, 0.15) is 6.10 Å². The number of alkyl carbamates (subject to hydrolysis) is 1. The van der Waals surface area contributed by atoms with E-state index in [-0.39, 0.29) is 18.2 Å². The number of rotatable bonds is 3. The lowest BCUT2D eigenvalue weighted by Crippen LogP contribution is -2.42. The molecule has 1 aromatic rings. The minimum absolute atomic E-state index is 0.0718. The average molecular weight is 315 g/mol. The highest BCUT2D eigenvalue weighted by molar-refractivity contribution is 5.68. The van der Waals surface area contributed by atoms with Crippen molar-refractivity contribution in [2.24, 2.45) is 17.8 Å². The van der Waals surface area contributed by atoms with Crippen molar-refractivity contribution in [3.63, 3.8) is 0 Å². The first kappa shape index (κ1) is 16.4. The van der Waals surface area contributed by atoms with Gasteiger partial charge in [0, 0.05) is 6.04 Å². The van der Waals surface area contributed by atoms with Gasteiger partial charge in [0.2, 0.25) is 0 Å². The standard InChI is InChI=1S/C20H29NO2/c1-13(2)18-9-8-14(3)10-19(18)23-20(22)21-17-11-15-6-4-5-7-16(15)12-17/h4-7,13-14,17-19H,8-12H2,1-3H3,(H,21,22). The summed E-state index contributed by atoms with van der Waals surface area (Å²) in [4.78, 5) is 12.4. The number of carbonyl (C=O) groups excluding carboxylic acids is 1. The summed E-state index contributed by atoms with van der Waals surface area (Å²) in [7, 11) is 0. The average Bonchev–Trinajstić information content (AvgIpc) is 2.88. The van der Waals surface area contributed by atoms with Crippen molar-refractivity contribution in [3.05, 3.63) is 35.4 Å². The van der Waals surface area contributed by atoms with E-state index in [0.29, 0.717) is 17.8 Å². The van der Waals surface area contributed by atoms with Gasteiger partial charge < -0.3 is 10.1 Å². The molecule has 2 aliphatic carbocycles. The number of ether oxygens (including phenoxy) is 1. The maximum Gasteiger partial charge on any atom is 0.407 e. The van der Waals surface area contributed by atoms with Crippen molar-refractivity contribution in [1.29, 1.82) is 0 Å². The second kappa shape index (κ2) is 6.94. The van der Waals surface area contributed by atoms with Gasteiger partial charge in [0.25, 0.3) is 0 Å². The molecular weight excluding hydrogens is 286 g/mol. The van der Waals surface area contributed by atoms with Crippen LogP contribution in [0.5, 0.6) is 0 Å². The molecule has 3 unspecified atom stereocenters. The van der Waals surface area contributed by atoms with E-state index in [1.165, 1.54) is 24.0 Å². The number of benzene rings is 1. The molecule has 0 bridgehead atoms. The number of nitrogens with one attached hydrogen (secondary N) is 1. The number of hydrogen-bond acceptors (Lipinski definition) is 2. The number of fused-ring (bicyclic) bond motifs is 1. The Hall–Kier alpha value is -1.51. The molecule has 1 aromatic carbocycles. The molecule has 0 radical (unpaired) electrons. The minimum atomic E-state index is -0.229. The second-order valence-electron chi connectivity index (χ2n) is 7.79. The third-order valence-corrected chi connectivity index (χ3v) is 5.59. The zero-order valence-electron chi connectivity index (χ0n) is 14.5. The summed E-state index contributed by atoms with van der Waals surface area (Å²) in [6.07, 6.45) is 5.10. The van der Waals surface area contributed by atoms with E-state index < -0.39 is 0 Å². The Kier molecular flexibility index (Phi) is 4.93. The molecule has 1 fully saturated rings. The molecule has 126 valence electrons. The van der Waals surface area contributed by atoms with Crippen LogP contribution in [0.1, 0.15) is 51.2 Å². The third kappa shape index (κ3) is 3.88. The molecule has 1 N–H and O–H groups in total. The molecule has 1 saturated carbocycles. The van der Waals surface area contributed by atoms with Crippen molar-refractivity contribution < 1.29 is 9.53 Å². The van der Waals surface area contributed by atoms with Crippen molar-refractivity contribution in [1.82, 2.24) is 5.32 Å². The first-order valence-corrected chi connectivity index (χ1v) is 9.07. The van der Waals surface area contributed by atoms with Gasteiger partial charge in [0.05, 0.1) is 0 Å². The number of amides is 1. The quantitative estimate of drug-likeness (QED) is 0.901. The Bertz CT molecular complexity index is 529. The van der Waals surface area contributed by atoms with Gasteiger partial charge in [-0.05, 0) is 54.6 Å². The highest BCUT2D eigenvalue weighted by Crippen LogP contribution is 2.35. The summed E-state index contributed by atoms with van der Waals surface area (Å²) in [5, 5.41) is 3.09. The molecule has 0 aromatic heterocycles. The van der Waals surface area contributed by atoms with Crippen LogP contribution >= 0.6 is 0 Å². The van der Waals surface area contributed by atoms with Crippen LogP contribution in [0.25, 0.3) is 0 Å². The Balaban J connectivity index is 1.55. The van der Waals surface area contributed by atoms with Gasteiger partial charge in [-0.15, -0.1) is 0 Å². The Morgan fingerprint density at radius 1 is 1.17 bits per heavy atom. The first-order valence-electron chi connectivity index (χ1n) is 9.07. The number of hydrogen-bond donors (Lipinski definition) is 1. The van der Waals surface area contributed by atoms with Crippen LogP contribution in [0.15, 0.2) is 24.3 Å². The summed E-state index contributed by atoms with van der Waals surface area (Å²) < 4.78 is 5.85. The van der Waals surface area contributed by atoms with Crippen molar-refractivity contribution in [2.45, 2.75) is 65.0 Å². The summed E-state index contributed by atoms with van der Waals surface area (Å²) in [6.45, 7) is 6.74. The lowest BCUT2D eigenvalue weighted by Gasteiger charge is -2.36. The lowest BCUT2D eigenvalue weighted by atomic mass is 9.75. The largest absolute Gasteiger partial charge is 0.446 e. The van der Waals surface area contributed by atoms with E-state index in [2.05, 4.69) is 50.4 Å². The highest BCUT2D eigenvalue weighted by atomic mass is 16.6. The molecule has 2 aliphatic rings. The fraction of sp³-hybridized carbons (Fsp3) is 0.650. The van der Waals surface area contributed by atoms with Gasteiger partial charge in [-0.1, -0.05) is 51.5 Å². The van der Waals surface area contributed by atoms with Crippen LogP contribution in [0.4, 0.5) is 4.79 Å². The Morgan fingerprint density at radius 2 is 1.83 bits per heavy atom. The smallest absolute Gasteiger partial charge is 0.407 e. The van der Waals surface area contributed by atoms with Gasteiger partial charge in [-0.2, -0.15) is 0 Å². The third-order valence-electron chi connectivity index (χ3n) is 5.59. The van der Waals surface area contributed by atoms with Crippen molar-refractivity contribution in [3.8, 4) is 0 Å². The Morgan fingerprint density at radius 3 is 2.43 bits per heavy atom. The SMILES string of the molecule is CC1CCC(C(C)C)C(OC(=O)NC2Cc3ccccc3C2)C1. The number of carbonyl (C=O) groups is 1. The van der Waals surface area contributed by atoms with Crippen molar-refractivity contribution in [2.75, 3.05) is 0 Å². The molecule has 3 nitrogen and oxygen atoms in total. The van der Waals surface area contributed by atoms with Gasteiger partial charge in [-0.25, -0.2) is 4.79 Å². The lowest BCUT2D eigenvalue weighted by molar-refractivity contribution is 0.00511. The van der Waals surface area contributed by atoms with Crippen LogP contribution in [0.2, 0.25) is 0 Å². The second-order valence-corrected chi connectivity index (χ2v) is 7.79. The predicted octanol–water partition coefficient (Wildman–Crippen LogP) is 4.34. The van der Waals surface area contributed by atoms with E-state index in [4.69, 9.17) is 4.74 Å². The van der Waals surface area contributed by atoms with Gasteiger partial charge in [0.15, 0.2) is 0 Å². The predicted molar refractivity (Wildman–Crippen MR) is 92.4 cm³/mol. The summed E-state index contributed by atoms with van der Waals surface area (Å²) in [5.74, 6) is 1.72. The monoisotopic (exact) mass is 315 g/mol. The highest BCUT2D eigenvalue weighted by Gasteiger charge is 2.34. The van der Waals surface area contributed by atoms with Crippen molar-refractivity contribution >= 4 is 6.09 Å². The summed E-state index contributed by atoms with van der Waals surface area (Å²) in [5.41, 5.74) is 2.70. The molecule has 3 atom stereocenters. The van der Waals surface area contributed by atoms with Crippen LogP contribution in [-0.4, -0.2) is 18.2 Å². The van der Waals surface area contributed by atoms with Gasteiger partial charge >= 0.3 is 6.09 Å². The van der Waals surface area contributed by atoms with E-state index in [1.807, 2.05) is 0 Å². The molecule has 0 heterocycles. The van der Waals surface area contributed by atoms with E-state index >= 15 is 0 Å². The molecule has 3 rings (SSSR count). The first-order chi connectivity index (χ1) is 11.0. The topological polar surface area (TPSA) is 38.3 Å². The summed E-state index contributed by atoms with van der Waals surface area (Å²) in [6, 6.07) is 8.62. The fourth-order valence-corrected chi connectivity index (χ4v) is 4.25. The molecule has 0 aliphatic heterocycles. The maximum absolute atomic E-state index is 12.4. The van der Waals surface area contributed by atoms with E-state index in [0.717, 1.165) is 19.3 Å². The van der Waals surface area contributed by atoms with Gasteiger partial charge in [-0.3, -0.25) is 0 Å². The van der Waals surface area contributed by atoms with Crippen LogP contribution in [-0.2, 0) is 17.6 Å². The minimum Gasteiger partial charge on any atom is -0.446 e.